The van der Waals surface area contributed by atoms with E-state index in [-0.39, 0.29) is 63.0 Å². The highest BCUT2D eigenvalue weighted by atomic mass is 19.4. The van der Waals surface area contributed by atoms with E-state index in [1.165, 1.54) is 0 Å². The molecule has 2 aromatic heterocycles. The van der Waals surface area contributed by atoms with Crippen molar-refractivity contribution in [3.05, 3.63) is 34.0 Å². The number of hydrogen-bond donors (Lipinski definition) is 2. The van der Waals surface area contributed by atoms with Gasteiger partial charge in [0.15, 0.2) is 11.5 Å². The van der Waals surface area contributed by atoms with Gasteiger partial charge in [-0.15, -0.1) is 0 Å². The van der Waals surface area contributed by atoms with Gasteiger partial charge in [-0.1, -0.05) is 0 Å². The minimum atomic E-state index is -4.86. The maximum absolute atomic E-state index is 13.0. The normalized spacial score (nSPS) is 17.6. The summed E-state index contributed by atoms with van der Waals surface area (Å²) in [6.45, 7) is 0.840. The molecule has 4 rings (SSSR count). The molecule has 0 aliphatic carbocycles. The van der Waals surface area contributed by atoms with Crippen LogP contribution in [0.3, 0.4) is 0 Å². The molecule has 17 heteroatoms. The average Bonchev–Trinajstić information content (AvgIpc) is 2.83. The number of anilines is 2. The zero-order valence-corrected chi connectivity index (χ0v) is 19.0. The molecule has 1 amide bonds. The fourth-order valence-corrected chi connectivity index (χ4v) is 3.97. The highest BCUT2D eigenvalue weighted by molar-refractivity contribution is 5.76. The second-order valence-corrected chi connectivity index (χ2v) is 8.15. The molecule has 2 N–H and O–H groups in total. The first-order valence-electron chi connectivity index (χ1n) is 11.0. The maximum atomic E-state index is 13.0. The van der Waals surface area contributed by atoms with Crippen LogP contribution in [0.5, 0.6) is 5.88 Å². The highest BCUT2D eigenvalue weighted by Gasteiger charge is 2.40. The number of alkyl halides is 6. The Morgan fingerprint density at radius 2 is 1.95 bits per heavy atom. The quantitative estimate of drug-likeness (QED) is 0.400. The average molecular weight is 537 g/mol. The van der Waals surface area contributed by atoms with Gasteiger partial charge in [-0.3, -0.25) is 9.59 Å². The monoisotopic (exact) mass is 537 g/mol. The van der Waals surface area contributed by atoms with E-state index in [4.69, 9.17) is 9.47 Å². The third-order valence-corrected chi connectivity index (χ3v) is 5.69. The first-order valence-corrected chi connectivity index (χ1v) is 11.0. The van der Waals surface area contributed by atoms with Crippen molar-refractivity contribution in [1.82, 2.24) is 25.1 Å². The van der Waals surface area contributed by atoms with Crippen molar-refractivity contribution in [3.63, 3.8) is 0 Å². The molecule has 1 atom stereocenters. The molecule has 37 heavy (non-hydrogen) atoms. The molecule has 1 unspecified atom stereocenters. The van der Waals surface area contributed by atoms with Crippen LogP contribution in [0, 0.1) is 0 Å². The lowest BCUT2D eigenvalue weighted by molar-refractivity contribution is -0.142. The molecule has 202 valence electrons. The Labute approximate surface area is 204 Å². The van der Waals surface area contributed by atoms with E-state index in [2.05, 4.69) is 20.4 Å². The van der Waals surface area contributed by atoms with Gasteiger partial charge in [0.05, 0.1) is 43.8 Å². The van der Waals surface area contributed by atoms with Gasteiger partial charge in [0.1, 0.15) is 12.2 Å². The summed E-state index contributed by atoms with van der Waals surface area (Å²) < 4.78 is 88.4. The van der Waals surface area contributed by atoms with E-state index in [1.54, 1.807) is 14.9 Å². The van der Waals surface area contributed by atoms with Gasteiger partial charge < -0.3 is 24.6 Å². The van der Waals surface area contributed by atoms with Crippen LogP contribution in [0.15, 0.2) is 17.2 Å². The lowest BCUT2D eigenvalue weighted by Gasteiger charge is -2.44. The summed E-state index contributed by atoms with van der Waals surface area (Å²) in [4.78, 5) is 34.7. The van der Waals surface area contributed by atoms with Crippen LogP contribution in [-0.2, 0) is 21.9 Å². The van der Waals surface area contributed by atoms with Gasteiger partial charge >= 0.3 is 12.4 Å². The van der Waals surface area contributed by atoms with Gasteiger partial charge in [-0.05, 0) is 0 Å². The SMILES string of the molecule is O=C(CCOCCNc1cn[nH]c(=O)c1C(F)(F)F)N1CCN2c3ncc(C(F)(F)F)nc3OCC2C1. The van der Waals surface area contributed by atoms with Crippen LogP contribution >= 0.6 is 0 Å². The van der Waals surface area contributed by atoms with Crippen LogP contribution in [0.4, 0.5) is 37.8 Å². The number of fused-ring (bicyclic) bond motifs is 3. The number of amides is 1. The molecule has 2 aliphatic heterocycles. The molecule has 0 radical (unpaired) electrons. The molecular weight excluding hydrogens is 516 g/mol. The Morgan fingerprint density at radius 1 is 1.16 bits per heavy atom. The first kappa shape index (κ1) is 26.4. The topological polar surface area (TPSA) is 126 Å². The van der Waals surface area contributed by atoms with Crippen molar-refractivity contribution < 1.29 is 40.6 Å². The van der Waals surface area contributed by atoms with Gasteiger partial charge in [-0.25, -0.2) is 15.1 Å². The van der Waals surface area contributed by atoms with E-state index in [0.29, 0.717) is 19.3 Å². The van der Waals surface area contributed by atoms with E-state index in [1.807, 2.05) is 0 Å². The molecule has 0 saturated carbocycles. The van der Waals surface area contributed by atoms with E-state index in [9.17, 15) is 35.9 Å². The van der Waals surface area contributed by atoms with E-state index >= 15 is 0 Å². The van der Waals surface area contributed by atoms with Gasteiger partial charge in [0.2, 0.25) is 5.91 Å². The molecule has 1 saturated heterocycles. The molecule has 4 heterocycles. The Kier molecular flexibility index (Phi) is 7.42. The van der Waals surface area contributed by atoms with Crippen molar-refractivity contribution in [3.8, 4) is 5.88 Å². The Morgan fingerprint density at radius 3 is 2.68 bits per heavy atom. The lowest BCUT2D eigenvalue weighted by Crippen LogP contribution is -2.58. The van der Waals surface area contributed by atoms with Crippen LogP contribution < -0.4 is 20.5 Å². The minimum Gasteiger partial charge on any atom is -0.473 e. The Hall–Kier alpha value is -3.63. The Balaban J connectivity index is 1.21. The summed E-state index contributed by atoms with van der Waals surface area (Å²) in [6.07, 6.45) is -8.00. The van der Waals surface area contributed by atoms with Crippen LogP contribution in [0.25, 0.3) is 0 Å². The number of hydrogen-bond acceptors (Lipinski definition) is 9. The van der Waals surface area contributed by atoms with E-state index in [0.717, 1.165) is 6.20 Å². The summed E-state index contributed by atoms with van der Waals surface area (Å²) >= 11 is 0. The number of piperazine rings is 1. The number of ether oxygens (including phenoxy) is 2. The number of nitrogens with zero attached hydrogens (tertiary/aromatic N) is 5. The molecule has 2 aliphatic rings. The molecule has 11 nitrogen and oxygen atoms in total. The fourth-order valence-electron chi connectivity index (χ4n) is 3.97. The molecule has 2 aromatic rings. The lowest BCUT2D eigenvalue weighted by atomic mass is 10.1. The fraction of sp³-hybridized carbons (Fsp3) is 0.550. The van der Waals surface area contributed by atoms with Crippen molar-refractivity contribution in [2.75, 3.05) is 56.2 Å². The van der Waals surface area contributed by atoms with Crippen molar-refractivity contribution in [2.24, 2.45) is 0 Å². The predicted molar refractivity (Wildman–Crippen MR) is 114 cm³/mol. The van der Waals surface area contributed by atoms with Crippen molar-refractivity contribution in [2.45, 2.75) is 24.8 Å². The first-order chi connectivity index (χ1) is 17.4. The standard InChI is InChI=1S/C20H21F6N7O4/c21-19(22,23)13-8-28-16-18(30-13)37-10-11-9-32(3-4-33(11)16)14(34)1-5-36-6-2-27-12-7-29-31-17(35)15(12)20(24,25)26/h7-8,11H,1-6,9-10H2,(H2,27,31,35). The largest absolute Gasteiger partial charge is 0.473 e. The minimum absolute atomic E-state index is 0.0101. The molecular formula is C20H21F6N7O4. The number of aromatic nitrogens is 4. The molecule has 0 bridgehead atoms. The number of rotatable bonds is 7. The Bertz CT molecular complexity index is 1190. The number of H-pyrrole nitrogens is 1. The summed E-state index contributed by atoms with van der Waals surface area (Å²) in [5, 5.41) is 7.53. The summed E-state index contributed by atoms with van der Waals surface area (Å²) in [5.74, 6) is -0.238. The smallest absolute Gasteiger partial charge is 0.435 e. The second kappa shape index (κ2) is 10.4. The van der Waals surface area contributed by atoms with Crippen LogP contribution in [0.2, 0.25) is 0 Å². The zero-order valence-electron chi connectivity index (χ0n) is 19.0. The predicted octanol–water partition coefficient (Wildman–Crippen LogP) is 1.53. The van der Waals surface area contributed by atoms with Crippen LogP contribution in [0.1, 0.15) is 17.7 Å². The third-order valence-electron chi connectivity index (χ3n) is 5.69. The number of nitrogens with one attached hydrogen (secondary N) is 2. The molecule has 0 aromatic carbocycles. The van der Waals surface area contributed by atoms with Crippen molar-refractivity contribution in [1.29, 1.82) is 0 Å². The highest BCUT2D eigenvalue weighted by Crippen LogP contribution is 2.35. The summed E-state index contributed by atoms with van der Waals surface area (Å²) in [6, 6.07) is -0.313. The van der Waals surface area contributed by atoms with Crippen molar-refractivity contribution >= 4 is 17.4 Å². The molecule has 0 spiro atoms. The van der Waals surface area contributed by atoms with E-state index < -0.39 is 34.9 Å². The maximum Gasteiger partial charge on any atom is 0.435 e. The van der Waals surface area contributed by atoms with Gasteiger partial charge in [0.25, 0.3) is 11.4 Å². The van der Waals surface area contributed by atoms with Gasteiger partial charge in [0, 0.05) is 26.2 Å². The van der Waals surface area contributed by atoms with Crippen LogP contribution in [-0.4, -0.2) is 83.0 Å². The third kappa shape index (κ3) is 6.03. The number of halogens is 6. The number of carbonyl (C=O) groups excluding carboxylic acids is 1. The number of carbonyl (C=O) groups is 1. The zero-order chi connectivity index (χ0) is 26.8. The summed E-state index contributed by atoms with van der Waals surface area (Å²) in [5.41, 5.74) is -4.39. The number of aromatic amines is 1. The summed E-state index contributed by atoms with van der Waals surface area (Å²) in [7, 11) is 0. The second-order valence-electron chi connectivity index (χ2n) is 8.15. The molecule has 1 fully saturated rings. The van der Waals surface area contributed by atoms with Gasteiger partial charge in [-0.2, -0.15) is 31.4 Å².